The largest absolute Gasteiger partial charge is 0.508 e. The van der Waals surface area contributed by atoms with Crippen molar-refractivity contribution >= 4 is 5.91 Å². The van der Waals surface area contributed by atoms with Crippen LogP contribution in [0.2, 0.25) is 0 Å². The van der Waals surface area contributed by atoms with E-state index >= 15 is 0 Å². The molecule has 0 saturated carbocycles. The van der Waals surface area contributed by atoms with Gasteiger partial charge in [-0.1, -0.05) is 0 Å². The van der Waals surface area contributed by atoms with Crippen molar-refractivity contribution in [3.63, 3.8) is 0 Å². The standard InChI is InChI=1S/C15H19FN2O3/c16-14-9-12(19)1-2-13(14)15(20)18-4-3-11(10-18)17-5-7-21-8-6-17/h1-2,9,11,19H,3-8,10H2. The molecule has 6 heteroatoms. The van der Waals surface area contributed by atoms with E-state index in [2.05, 4.69) is 4.90 Å². The summed E-state index contributed by atoms with van der Waals surface area (Å²) in [6.45, 7) is 4.51. The first kappa shape index (κ1) is 14.3. The van der Waals surface area contributed by atoms with Gasteiger partial charge in [-0.15, -0.1) is 0 Å². The first-order valence-electron chi connectivity index (χ1n) is 7.25. The van der Waals surface area contributed by atoms with Crippen LogP contribution in [0, 0.1) is 5.82 Å². The molecule has 1 amide bonds. The van der Waals surface area contributed by atoms with Crippen molar-refractivity contribution in [3.05, 3.63) is 29.6 Å². The number of amides is 1. The molecule has 0 spiro atoms. The molecule has 0 aliphatic carbocycles. The second-order valence-electron chi connectivity index (χ2n) is 5.51. The van der Waals surface area contributed by atoms with Crippen molar-refractivity contribution in [3.8, 4) is 5.75 Å². The molecule has 2 heterocycles. The summed E-state index contributed by atoms with van der Waals surface area (Å²) in [6, 6.07) is 3.99. The van der Waals surface area contributed by atoms with Crippen LogP contribution in [0.1, 0.15) is 16.8 Å². The summed E-state index contributed by atoms with van der Waals surface area (Å²) in [7, 11) is 0. The van der Waals surface area contributed by atoms with E-state index in [4.69, 9.17) is 4.74 Å². The van der Waals surface area contributed by atoms with E-state index in [9.17, 15) is 14.3 Å². The molecule has 1 aromatic carbocycles. The summed E-state index contributed by atoms with van der Waals surface area (Å²) in [5, 5.41) is 9.21. The Kier molecular flexibility index (Phi) is 4.07. The van der Waals surface area contributed by atoms with Crippen molar-refractivity contribution in [2.24, 2.45) is 0 Å². The Hall–Kier alpha value is -1.66. The van der Waals surface area contributed by atoms with Gasteiger partial charge >= 0.3 is 0 Å². The molecule has 2 aliphatic rings. The summed E-state index contributed by atoms with van der Waals surface area (Å²) in [5.41, 5.74) is 0.0235. The van der Waals surface area contributed by atoms with Gasteiger partial charge in [-0.05, 0) is 18.6 Å². The molecule has 2 fully saturated rings. The molecule has 2 saturated heterocycles. The van der Waals surface area contributed by atoms with E-state index in [1.165, 1.54) is 12.1 Å². The van der Waals surface area contributed by atoms with Crippen LogP contribution in [0.3, 0.4) is 0 Å². The van der Waals surface area contributed by atoms with Gasteiger partial charge in [-0.25, -0.2) is 4.39 Å². The average Bonchev–Trinajstić information content (AvgIpc) is 2.97. The predicted octanol–water partition coefficient (Wildman–Crippen LogP) is 1.08. The third kappa shape index (κ3) is 3.01. The number of likely N-dealkylation sites (tertiary alicyclic amines) is 1. The number of morpholine rings is 1. The lowest BCUT2D eigenvalue weighted by atomic mass is 10.2. The molecule has 1 aromatic rings. The summed E-state index contributed by atoms with van der Waals surface area (Å²) in [4.78, 5) is 16.4. The Morgan fingerprint density at radius 1 is 1.29 bits per heavy atom. The molecule has 21 heavy (non-hydrogen) atoms. The Balaban J connectivity index is 1.66. The zero-order valence-corrected chi connectivity index (χ0v) is 11.8. The Labute approximate surface area is 122 Å². The number of halogens is 1. The number of hydrogen-bond donors (Lipinski definition) is 1. The SMILES string of the molecule is O=C(c1ccc(O)cc1F)N1CCC(N2CCOCC2)C1. The highest BCUT2D eigenvalue weighted by atomic mass is 19.1. The summed E-state index contributed by atoms with van der Waals surface area (Å²) < 4.78 is 19.1. The maximum absolute atomic E-state index is 13.8. The number of aromatic hydroxyl groups is 1. The quantitative estimate of drug-likeness (QED) is 0.887. The third-order valence-corrected chi connectivity index (χ3v) is 4.20. The van der Waals surface area contributed by atoms with Crippen LogP contribution in [0.4, 0.5) is 4.39 Å². The van der Waals surface area contributed by atoms with Crippen LogP contribution >= 0.6 is 0 Å². The zero-order valence-electron chi connectivity index (χ0n) is 11.8. The fourth-order valence-electron chi connectivity index (χ4n) is 3.01. The number of phenols is 1. The minimum absolute atomic E-state index is 0.0235. The Bertz CT molecular complexity index is 532. The average molecular weight is 294 g/mol. The molecule has 0 bridgehead atoms. The van der Waals surface area contributed by atoms with Crippen molar-refractivity contribution in [1.29, 1.82) is 0 Å². The lowest BCUT2D eigenvalue weighted by Gasteiger charge is -2.32. The van der Waals surface area contributed by atoms with Gasteiger partial charge < -0.3 is 14.7 Å². The van der Waals surface area contributed by atoms with Crippen LogP contribution in [-0.2, 0) is 4.74 Å². The van der Waals surface area contributed by atoms with Gasteiger partial charge in [-0.2, -0.15) is 0 Å². The highest BCUT2D eigenvalue weighted by molar-refractivity contribution is 5.94. The number of carbonyl (C=O) groups is 1. The maximum atomic E-state index is 13.8. The number of ether oxygens (including phenoxy) is 1. The van der Waals surface area contributed by atoms with E-state index in [0.29, 0.717) is 19.1 Å². The second kappa shape index (κ2) is 5.99. The minimum Gasteiger partial charge on any atom is -0.508 e. The molecular formula is C15H19FN2O3. The van der Waals surface area contributed by atoms with Gasteiger partial charge in [0, 0.05) is 38.3 Å². The smallest absolute Gasteiger partial charge is 0.256 e. The summed E-state index contributed by atoms with van der Waals surface area (Å²) in [6.07, 6.45) is 0.908. The van der Waals surface area contributed by atoms with Crippen LogP contribution in [-0.4, -0.2) is 66.2 Å². The molecule has 0 aromatic heterocycles. The topological polar surface area (TPSA) is 53.0 Å². The predicted molar refractivity (Wildman–Crippen MR) is 74.8 cm³/mol. The highest BCUT2D eigenvalue weighted by Crippen LogP contribution is 2.22. The molecule has 5 nitrogen and oxygen atoms in total. The van der Waals surface area contributed by atoms with Gasteiger partial charge in [0.25, 0.3) is 5.91 Å². The molecular weight excluding hydrogens is 275 g/mol. The fourth-order valence-corrected chi connectivity index (χ4v) is 3.01. The summed E-state index contributed by atoms with van der Waals surface area (Å²) in [5.74, 6) is -1.14. The highest BCUT2D eigenvalue weighted by Gasteiger charge is 2.32. The first-order valence-corrected chi connectivity index (χ1v) is 7.25. The second-order valence-corrected chi connectivity index (χ2v) is 5.51. The molecule has 1 N–H and O–H groups in total. The molecule has 3 rings (SSSR count). The Morgan fingerprint density at radius 3 is 2.76 bits per heavy atom. The van der Waals surface area contributed by atoms with Crippen molar-refractivity contribution in [1.82, 2.24) is 9.80 Å². The number of hydrogen-bond acceptors (Lipinski definition) is 4. The number of carbonyl (C=O) groups excluding carboxylic acids is 1. The van der Waals surface area contributed by atoms with Crippen LogP contribution in [0.5, 0.6) is 5.75 Å². The van der Waals surface area contributed by atoms with Gasteiger partial charge in [0.2, 0.25) is 0 Å². The van der Waals surface area contributed by atoms with Gasteiger partial charge in [-0.3, -0.25) is 9.69 Å². The normalized spacial score (nSPS) is 23.5. The first-order chi connectivity index (χ1) is 10.1. The van der Waals surface area contributed by atoms with Crippen molar-refractivity contribution in [2.75, 3.05) is 39.4 Å². The molecule has 1 unspecified atom stereocenters. The third-order valence-electron chi connectivity index (χ3n) is 4.20. The minimum atomic E-state index is -0.671. The number of benzene rings is 1. The van der Waals surface area contributed by atoms with Gasteiger partial charge in [0.1, 0.15) is 11.6 Å². The molecule has 2 aliphatic heterocycles. The lowest BCUT2D eigenvalue weighted by Crippen LogP contribution is -2.45. The van der Waals surface area contributed by atoms with Gasteiger partial charge in [0.05, 0.1) is 18.8 Å². The summed E-state index contributed by atoms with van der Waals surface area (Å²) >= 11 is 0. The number of rotatable bonds is 2. The Morgan fingerprint density at radius 2 is 2.05 bits per heavy atom. The van der Waals surface area contributed by atoms with E-state index < -0.39 is 5.82 Å². The monoisotopic (exact) mass is 294 g/mol. The maximum Gasteiger partial charge on any atom is 0.256 e. The van der Waals surface area contributed by atoms with Crippen LogP contribution in [0.25, 0.3) is 0 Å². The molecule has 1 atom stereocenters. The molecule has 114 valence electrons. The van der Waals surface area contributed by atoms with E-state index in [1.54, 1.807) is 4.90 Å². The van der Waals surface area contributed by atoms with E-state index in [0.717, 1.165) is 38.8 Å². The van der Waals surface area contributed by atoms with E-state index in [1.807, 2.05) is 0 Å². The fraction of sp³-hybridized carbons (Fsp3) is 0.533. The number of nitrogens with zero attached hydrogens (tertiary/aromatic N) is 2. The van der Waals surface area contributed by atoms with Crippen molar-refractivity contribution < 1.29 is 19.0 Å². The lowest BCUT2D eigenvalue weighted by molar-refractivity contribution is 0.0185. The van der Waals surface area contributed by atoms with E-state index in [-0.39, 0.29) is 17.2 Å². The number of phenolic OH excluding ortho intramolecular Hbond substituents is 1. The zero-order chi connectivity index (χ0) is 14.8. The van der Waals surface area contributed by atoms with Crippen molar-refractivity contribution in [2.45, 2.75) is 12.5 Å². The van der Waals surface area contributed by atoms with Crippen LogP contribution < -0.4 is 0 Å². The molecule has 0 radical (unpaired) electrons. The van der Waals surface area contributed by atoms with Crippen LogP contribution in [0.15, 0.2) is 18.2 Å². The van der Waals surface area contributed by atoms with Gasteiger partial charge in [0.15, 0.2) is 0 Å².